The van der Waals surface area contributed by atoms with Crippen LogP contribution in [0.5, 0.6) is 5.75 Å². The molecule has 106 valence electrons. The van der Waals surface area contributed by atoms with Crippen LogP contribution in [0.1, 0.15) is 33.6 Å². The first kappa shape index (κ1) is 14.1. The molecule has 0 bridgehead atoms. The minimum absolute atomic E-state index is 0.149. The highest BCUT2D eigenvalue weighted by atomic mass is 16.5. The van der Waals surface area contributed by atoms with Crippen molar-refractivity contribution in [2.45, 2.75) is 39.2 Å². The summed E-state index contributed by atoms with van der Waals surface area (Å²) in [4.78, 5) is 6.85. The van der Waals surface area contributed by atoms with Crippen molar-refractivity contribution in [2.75, 3.05) is 31.1 Å². The molecular weight excluding hydrogens is 238 g/mol. The monoisotopic (exact) mass is 263 g/mol. The predicted octanol–water partition coefficient (Wildman–Crippen LogP) is 2.45. The van der Waals surface area contributed by atoms with Gasteiger partial charge in [0.2, 0.25) is 0 Å². The summed E-state index contributed by atoms with van der Waals surface area (Å²) in [5.41, 5.74) is 0.149. The summed E-state index contributed by atoms with van der Waals surface area (Å²) in [6.45, 7) is 10.4. The quantitative estimate of drug-likeness (QED) is 0.828. The molecule has 0 unspecified atom stereocenters. The maximum atomic E-state index is 5.64. The first-order valence-corrected chi connectivity index (χ1v) is 7.19. The van der Waals surface area contributed by atoms with Crippen LogP contribution in [0.15, 0.2) is 18.3 Å². The van der Waals surface area contributed by atoms with Crippen molar-refractivity contribution in [3.05, 3.63) is 18.3 Å². The molecule has 0 saturated carbocycles. The van der Waals surface area contributed by atoms with Crippen LogP contribution in [0.4, 0.5) is 5.82 Å². The Hall–Kier alpha value is -1.29. The Kier molecular flexibility index (Phi) is 4.64. The number of hydrogen-bond acceptors (Lipinski definition) is 4. The Bertz CT molecular complexity index is 389. The molecule has 0 radical (unpaired) electrons. The molecule has 19 heavy (non-hydrogen) atoms. The van der Waals surface area contributed by atoms with E-state index in [2.05, 4.69) is 42.0 Å². The van der Waals surface area contributed by atoms with Crippen LogP contribution in [0, 0.1) is 0 Å². The summed E-state index contributed by atoms with van der Waals surface area (Å²) in [5.74, 6) is 1.91. The smallest absolute Gasteiger partial charge is 0.137 e. The van der Waals surface area contributed by atoms with Gasteiger partial charge in [0.1, 0.15) is 11.6 Å². The van der Waals surface area contributed by atoms with Crippen LogP contribution in [-0.4, -0.2) is 36.8 Å². The van der Waals surface area contributed by atoms with Crippen LogP contribution in [-0.2, 0) is 0 Å². The summed E-state index contributed by atoms with van der Waals surface area (Å²) in [5, 5.41) is 3.51. The molecule has 1 saturated heterocycles. The van der Waals surface area contributed by atoms with Crippen LogP contribution < -0.4 is 15.0 Å². The second-order valence-corrected chi connectivity index (χ2v) is 5.79. The lowest BCUT2D eigenvalue weighted by molar-refractivity contribution is 0.308. The Morgan fingerprint density at radius 3 is 2.89 bits per heavy atom. The average Bonchev–Trinajstić information content (AvgIpc) is 2.39. The third-order valence-corrected chi connectivity index (χ3v) is 3.38. The Labute approximate surface area is 116 Å². The fourth-order valence-corrected chi connectivity index (χ4v) is 2.32. The number of anilines is 1. The minimum Gasteiger partial charge on any atom is -0.492 e. The summed E-state index contributed by atoms with van der Waals surface area (Å²) >= 11 is 0. The third kappa shape index (κ3) is 4.10. The van der Waals surface area contributed by atoms with Gasteiger partial charge in [-0.1, -0.05) is 13.3 Å². The van der Waals surface area contributed by atoms with Gasteiger partial charge in [0.05, 0.1) is 12.8 Å². The van der Waals surface area contributed by atoms with Gasteiger partial charge < -0.3 is 15.0 Å². The number of unbranched alkanes of at least 4 members (excludes halogenated alkanes) is 1. The van der Waals surface area contributed by atoms with Gasteiger partial charge in [-0.3, -0.25) is 0 Å². The lowest BCUT2D eigenvalue weighted by Crippen LogP contribution is -2.57. The van der Waals surface area contributed by atoms with E-state index in [1.807, 2.05) is 12.3 Å². The standard InChI is InChI=1S/C15H25N3O/c1-4-5-10-19-13-6-7-14(16-11-13)18-9-8-17-15(2,3)12-18/h6-7,11,17H,4-5,8-10,12H2,1-3H3. The average molecular weight is 263 g/mol. The van der Waals surface area contributed by atoms with E-state index in [0.29, 0.717) is 0 Å². The fourth-order valence-electron chi connectivity index (χ4n) is 2.32. The van der Waals surface area contributed by atoms with Gasteiger partial charge in [0, 0.05) is 25.2 Å². The molecule has 1 aromatic rings. The minimum atomic E-state index is 0.149. The molecule has 2 rings (SSSR count). The van der Waals surface area contributed by atoms with Crippen LogP contribution in [0.25, 0.3) is 0 Å². The van der Waals surface area contributed by atoms with Gasteiger partial charge in [-0.25, -0.2) is 4.98 Å². The number of rotatable bonds is 5. The zero-order valence-corrected chi connectivity index (χ0v) is 12.3. The van der Waals surface area contributed by atoms with E-state index in [-0.39, 0.29) is 5.54 Å². The second kappa shape index (κ2) is 6.24. The van der Waals surface area contributed by atoms with Crippen molar-refractivity contribution in [3.63, 3.8) is 0 Å². The largest absolute Gasteiger partial charge is 0.492 e. The van der Waals surface area contributed by atoms with Crippen LogP contribution in [0.2, 0.25) is 0 Å². The molecule has 0 amide bonds. The van der Waals surface area contributed by atoms with Gasteiger partial charge in [-0.05, 0) is 32.4 Å². The summed E-state index contributed by atoms with van der Waals surface area (Å²) in [7, 11) is 0. The summed E-state index contributed by atoms with van der Waals surface area (Å²) in [6.07, 6.45) is 4.08. The maximum Gasteiger partial charge on any atom is 0.137 e. The summed E-state index contributed by atoms with van der Waals surface area (Å²) < 4.78 is 5.64. The van der Waals surface area contributed by atoms with Gasteiger partial charge >= 0.3 is 0 Å². The van der Waals surface area contributed by atoms with E-state index in [1.165, 1.54) is 0 Å². The molecule has 1 aliphatic heterocycles. The van der Waals surface area contributed by atoms with E-state index in [4.69, 9.17) is 4.74 Å². The molecule has 0 atom stereocenters. The van der Waals surface area contributed by atoms with Crippen molar-refractivity contribution in [1.29, 1.82) is 0 Å². The molecule has 0 aromatic carbocycles. The molecule has 0 aliphatic carbocycles. The molecule has 0 spiro atoms. The highest BCUT2D eigenvalue weighted by Gasteiger charge is 2.26. The molecule has 1 aliphatic rings. The molecule has 1 aromatic heterocycles. The number of pyridine rings is 1. The Morgan fingerprint density at radius 2 is 2.26 bits per heavy atom. The topological polar surface area (TPSA) is 37.4 Å². The van der Waals surface area contributed by atoms with Crippen molar-refractivity contribution in [2.24, 2.45) is 0 Å². The van der Waals surface area contributed by atoms with Gasteiger partial charge in [0.15, 0.2) is 0 Å². The van der Waals surface area contributed by atoms with Gasteiger partial charge in [-0.2, -0.15) is 0 Å². The number of nitrogens with zero attached hydrogens (tertiary/aromatic N) is 2. The van der Waals surface area contributed by atoms with Crippen molar-refractivity contribution in [1.82, 2.24) is 10.3 Å². The number of nitrogens with one attached hydrogen (secondary N) is 1. The SMILES string of the molecule is CCCCOc1ccc(N2CCNC(C)(C)C2)nc1. The lowest BCUT2D eigenvalue weighted by Gasteiger charge is -2.39. The van der Waals surface area contributed by atoms with Crippen molar-refractivity contribution < 1.29 is 4.74 Å². The number of ether oxygens (including phenoxy) is 1. The third-order valence-electron chi connectivity index (χ3n) is 3.38. The molecule has 4 heteroatoms. The second-order valence-electron chi connectivity index (χ2n) is 5.79. The number of hydrogen-bond donors (Lipinski definition) is 1. The first-order valence-electron chi connectivity index (χ1n) is 7.19. The van der Waals surface area contributed by atoms with Crippen LogP contribution in [0.3, 0.4) is 0 Å². The molecule has 1 N–H and O–H groups in total. The van der Waals surface area contributed by atoms with Gasteiger partial charge in [0.25, 0.3) is 0 Å². The van der Waals surface area contributed by atoms with E-state index in [9.17, 15) is 0 Å². The van der Waals surface area contributed by atoms with Crippen molar-refractivity contribution in [3.8, 4) is 5.75 Å². The Morgan fingerprint density at radius 1 is 1.42 bits per heavy atom. The highest BCUT2D eigenvalue weighted by Crippen LogP contribution is 2.20. The highest BCUT2D eigenvalue weighted by molar-refractivity contribution is 5.42. The number of piperazine rings is 1. The zero-order valence-electron chi connectivity index (χ0n) is 12.3. The van der Waals surface area contributed by atoms with E-state index in [1.54, 1.807) is 0 Å². The van der Waals surface area contributed by atoms with Crippen molar-refractivity contribution >= 4 is 5.82 Å². The molecule has 4 nitrogen and oxygen atoms in total. The van der Waals surface area contributed by atoms with E-state index < -0.39 is 0 Å². The fraction of sp³-hybridized carbons (Fsp3) is 0.667. The first-order chi connectivity index (χ1) is 9.11. The summed E-state index contributed by atoms with van der Waals surface area (Å²) in [6, 6.07) is 4.08. The lowest BCUT2D eigenvalue weighted by atomic mass is 10.0. The molecule has 1 fully saturated rings. The maximum absolute atomic E-state index is 5.64. The van der Waals surface area contributed by atoms with Gasteiger partial charge in [-0.15, -0.1) is 0 Å². The van der Waals surface area contributed by atoms with E-state index >= 15 is 0 Å². The van der Waals surface area contributed by atoms with E-state index in [0.717, 1.165) is 50.7 Å². The molecular formula is C15H25N3O. The molecule has 2 heterocycles. The Balaban J connectivity index is 1.94. The van der Waals surface area contributed by atoms with Crippen LogP contribution >= 0.6 is 0 Å². The predicted molar refractivity (Wildman–Crippen MR) is 78.9 cm³/mol. The number of aromatic nitrogens is 1. The normalized spacial score (nSPS) is 18.4. The zero-order chi connectivity index (χ0) is 13.7.